The van der Waals surface area contributed by atoms with Gasteiger partial charge in [-0.1, -0.05) is 194 Å². The maximum Gasteiger partial charge on any atom is 1.00 e. The molecular weight excluding hydrogens is 826 g/mol. The van der Waals surface area contributed by atoms with E-state index in [1.165, 1.54) is 128 Å². The summed E-state index contributed by atoms with van der Waals surface area (Å²) in [6.45, 7) is 2.39. The third-order valence-electron chi connectivity index (χ3n) is 9.74. The molecule has 12 nitrogen and oxygen atoms in total. The van der Waals surface area contributed by atoms with Crippen molar-refractivity contribution >= 4 is 27.6 Å². The van der Waals surface area contributed by atoms with Gasteiger partial charge in [0.05, 0.1) is 28.9 Å². The molecule has 0 aliphatic rings. The smallest absolute Gasteiger partial charge is 0.790 e. The van der Waals surface area contributed by atoms with E-state index in [0.717, 1.165) is 51.4 Å². The molecule has 322 valence electrons. The number of carbonyl (C=O) groups is 2. The molecule has 0 aromatic rings. The first-order valence-corrected chi connectivity index (χ1v) is 24.5. The van der Waals surface area contributed by atoms with Crippen LogP contribution in [0, 0.1) is 0 Å². The standard InChI is InChI=1S/C40H80O12P2.4Na/c1-3-5-7-9-11-13-15-17-19-21-23-25-27-29-31-33-39(41)51-37(35-49-53(43,44)45)38(36-50-54(46,47)48)52-40(42)34-32-30-28-26-24-22-20-18-16-14-12-10-8-6-4-2;;;;/h37-38H,3-36H2,1-2H3,(H2,43,44,45)(H2,46,47,48);;;;/q;4*+1/p-4/t37-,38+;;;;. The number of phosphoric ester groups is 2. The van der Waals surface area contributed by atoms with Crippen LogP contribution in [0.3, 0.4) is 0 Å². The quantitative estimate of drug-likeness (QED) is 0.0262. The van der Waals surface area contributed by atoms with Gasteiger partial charge in [-0.05, 0) is 12.8 Å². The summed E-state index contributed by atoms with van der Waals surface area (Å²) in [7, 11) is -11.1. The van der Waals surface area contributed by atoms with E-state index in [4.69, 9.17) is 9.47 Å². The average molecular weight is 903 g/mol. The summed E-state index contributed by atoms with van der Waals surface area (Å²) in [5, 5.41) is 0. The minimum absolute atomic E-state index is 0. The van der Waals surface area contributed by atoms with Crippen molar-refractivity contribution in [2.75, 3.05) is 13.2 Å². The normalized spacial score (nSPS) is 12.3. The Morgan fingerprint density at radius 3 is 0.759 bits per heavy atom. The van der Waals surface area contributed by atoms with Crippen molar-refractivity contribution in [3.63, 3.8) is 0 Å². The van der Waals surface area contributed by atoms with Crippen LogP contribution in [-0.4, -0.2) is 37.4 Å². The molecular formula is C40H76Na4O12P2. The topological polar surface area (TPSA) is 197 Å². The van der Waals surface area contributed by atoms with Gasteiger partial charge in [-0.2, -0.15) is 0 Å². The van der Waals surface area contributed by atoms with Crippen LogP contribution in [0.5, 0.6) is 0 Å². The Kier molecular flexibility index (Phi) is 60.0. The molecule has 18 heteroatoms. The molecule has 0 spiro atoms. The van der Waals surface area contributed by atoms with Crippen LogP contribution in [0.4, 0.5) is 0 Å². The van der Waals surface area contributed by atoms with Crippen LogP contribution in [0.15, 0.2) is 0 Å². The molecule has 0 aliphatic carbocycles. The second-order valence-electron chi connectivity index (χ2n) is 14.9. The summed E-state index contributed by atoms with van der Waals surface area (Å²) in [5.74, 6) is -1.55. The van der Waals surface area contributed by atoms with Crippen molar-refractivity contribution in [1.29, 1.82) is 0 Å². The fraction of sp³-hybridized carbons (Fsp3) is 0.950. The Morgan fingerprint density at radius 1 is 0.379 bits per heavy atom. The number of carbonyl (C=O) groups excluding carboxylic acids is 2. The van der Waals surface area contributed by atoms with Gasteiger partial charge in [0.25, 0.3) is 0 Å². The van der Waals surface area contributed by atoms with Gasteiger partial charge in [0.1, 0.15) is 0 Å². The molecule has 58 heavy (non-hydrogen) atoms. The second-order valence-corrected chi connectivity index (χ2v) is 17.2. The minimum atomic E-state index is -5.54. The Labute approximate surface area is 442 Å². The number of rotatable bonds is 41. The fourth-order valence-electron chi connectivity index (χ4n) is 6.50. The summed E-state index contributed by atoms with van der Waals surface area (Å²) in [6.07, 6.45) is 31.0. The Balaban J connectivity index is -0.00000234. The number of hydrogen-bond donors (Lipinski definition) is 0. The molecule has 0 saturated heterocycles. The second kappa shape index (κ2) is 49.6. The molecule has 0 saturated carbocycles. The zero-order valence-electron chi connectivity index (χ0n) is 38.0. The molecule has 0 rings (SSSR count). The Morgan fingerprint density at radius 2 is 0.569 bits per heavy atom. The van der Waals surface area contributed by atoms with E-state index >= 15 is 0 Å². The van der Waals surface area contributed by atoms with E-state index < -0.39 is 53.0 Å². The van der Waals surface area contributed by atoms with E-state index in [1.54, 1.807) is 0 Å². The van der Waals surface area contributed by atoms with Crippen LogP contribution < -0.4 is 138 Å². The molecule has 0 aromatic carbocycles. The Hall–Kier alpha value is 3.16. The van der Waals surface area contributed by atoms with Crippen LogP contribution in [-0.2, 0) is 37.2 Å². The monoisotopic (exact) mass is 902 g/mol. The van der Waals surface area contributed by atoms with Crippen molar-refractivity contribution in [1.82, 2.24) is 0 Å². The third-order valence-corrected chi connectivity index (χ3v) is 10.7. The molecule has 0 fully saturated rings. The molecule has 0 unspecified atom stereocenters. The van der Waals surface area contributed by atoms with Gasteiger partial charge in [-0.25, -0.2) is 0 Å². The van der Waals surface area contributed by atoms with Gasteiger partial charge in [0.2, 0.25) is 0 Å². The van der Waals surface area contributed by atoms with Crippen LogP contribution in [0.1, 0.15) is 219 Å². The van der Waals surface area contributed by atoms with Crippen molar-refractivity contribution in [2.24, 2.45) is 0 Å². The summed E-state index contributed by atoms with van der Waals surface area (Å²) in [6, 6.07) is 0. The fourth-order valence-corrected chi connectivity index (χ4v) is 7.16. The number of esters is 2. The van der Waals surface area contributed by atoms with Gasteiger partial charge in [0.15, 0.2) is 12.2 Å². The van der Waals surface area contributed by atoms with Crippen LogP contribution in [0.25, 0.3) is 0 Å². The summed E-state index contributed by atoms with van der Waals surface area (Å²) in [5.41, 5.74) is 0. The molecule has 0 aliphatic heterocycles. The van der Waals surface area contributed by atoms with Gasteiger partial charge in [-0.3, -0.25) is 9.59 Å². The molecule has 2 atom stereocenters. The van der Waals surface area contributed by atoms with Crippen LogP contribution >= 0.6 is 15.6 Å². The largest absolute Gasteiger partial charge is 1.00 e. The summed E-state index contributed by atoms with van der Waals surface area (Å²) >= 11 is 0. The average Bonchev–Trinajstić information content (AvgIpc) is 3.11. The third kappa shape index (κ3) is 53.5. The zero-order chi connectivity index (χ0) is 40.2. The van der Waals surface area contributed by atoms with Gasteiger partial charge in [0, 0.05) is 12.8 Å². The van der Waals surface area contributed by atoms with Gasteiger partial charge >= 0.3 is 130 Å². The number of hydrogen-bond acceptors (Lipinski definition) is 12. The van der Waals surface area contributed by atoms with E-state index in [9.17, 15) is 38.3 Å². The molecule has 0 amide bonds. The van der Waals surface area contributed by atoms with Crippen molar-refractivity contribution < 1.29 is 175 Å². The van der Waals surface area contributed by atoms with Crippen LogP contribution in [0.2, 0.25) is 0 Å². The van der Waals surface area contributed by atoms with E-state index in [2.05, 4.69) is 22.9 Å². The van der Waals surface area contributed by atoms with Crippen molar-refractivity contribution in [3.05, 3.63) is 0 Å². The number of unbranched alkanes of at least 4 members (excludes halogenated alkanes) is 28. The predicted octanol–water partition coefficient (Wildman–Crippen LogP) is -2.96. The van der Waals surface area contributed by atoms with Gasteiger partial charge < -0.3 is 47.2 Å². The number of phosphoric acid groups is 2. The molecule has 0 N–H and O–H groups in total. The first-order valence-electron chi connectivity index (χ1n) is 21.6. The molecule has 0 radical (unpaired) electrons. The minimum Gasteiger partial charge on any atom is -0.790 e. The maximum absolute atomic E-state index is 12.7. The Bertz CT molecular complexity index is 916. The van der Waals surface area contributed by atoms with Crippen molar-refractivity contribution in [3.8, 4) is 0 Å². The first-order chi connectivity index (χ1) is 25.9. The molecule has 0 heterocycles. The van der Waals surface area contributed by atoms with E-state index in [0.29, 0.717) is 12.8 Å². The van der Waals surface area contributed by atoms with Crippen molar-refractivity contribution in [2.45, 2.75) is 232 Å². The van der Waals surface area contributed by atoms with Gasteiger partial charge in [-0.15, -0.1) is 0 Å². The summed E-state index contributed by atoms with van der Waals surface area (Å²) < 4.78 is 41.6. The van der Waals surface area contributed by atoms with E-state index in [1.807, 2.05) is 0 Å². The number of ether oxygens (including phenoxy) is 2. The molecule has 0 aromatic heterocycles. The predicted molar refractivity (Wildman–Crippen MR) is 206 cm³/mol. The maximum atomic E-state index is 12.7. The SMILES string of the molecule is CCCCCCCCCCCCCCCCCC(=O)O[C@@H](COP(=O)([O-])[O-])[C@@H](COP(=O)([O-])[O-])OC(=O)CCCCCCCCCCCCCCCCC.[Na+].[Na+].[Na+].[Na+]. The zero-order valence-corrected chi connectivity index (χ0v) is 47.8. The van der Waals surface area contributed by atoms with E-state index in [-0.39, 0.29) is 131 Å². The molecule has 0 bridgehead atoms. The summed E-state index contributed by atoms with van der Waals surface area (Å²) in [4.78, 5) is 70.2. The first kappa shape index (κ1) is 70.2.